The van der Waals surface area contributed by atoms with E-state index < -0.39 is 12.0 Å². The number of hydrogen-bond acceptors (Lipinski definition) is 8. The van der Waals surface area contributed by atoms with Gasteiger partial charge in [-0.15, -0.1) is 0 Å². The van der Waals surface area contributed by atoms with E-state index in [4.69, 9.17) is 18.6 Å². The summed E-state index contributed by atoms with van der Waals surface area (Å²) in [4.78, 5) is 32.2. The summed E-state index contributed by atoms with van der Waals surface area (Å²) in [7, 11) is 3.09. The molecule has 0 N–H and O–H groups in total. The number of furan rings is 1. The summed E-state index contributed by atoms with van der Waals surface area (Å²) in [5.74, 6) is 1.76. The van der Waals surface area contributed by atoms with Crippen LogP contribution in [0.4, 0.5) is 0 Å². The van der Waals surface area contributed by atoms with Crippen LogP contribution >= 0.6 is 11.3 Å². The molecule has 4 aromatic rings. The second-order valence-electron chi connectivity index (χ2n) is 9.85. The summed E-state index contributed by atoms with van der Waals surface area (Å²) in [5, 5.41) is 0. The fourth-order valence-corrected chi connectivity index (χ4v) is 6.05. The molecule has 0 saturated heterocycles. The van der Waals surface area contributed by atoms with Gasteiger partial charge in [-0.2, -0.15) is 0 Å². The van der Waals surface area contributed by atoms with Crippen LogP contribution in [0.3, 0.4) is 0 Å². The summed E-state index contributed by atoms with van der Waals surface area (Å²) in [6, 6.07) is 12.5. The highest BCUT2D eigenvalue weighted by molar-refractivity contribution is 7.07. The zero-order valence-corrected chi connectivity index (χ0v) is 25.0. The highest BCUT2D eigenvalue weighted by Gasteiger charge is 2.34. The monoisotopic (exact) mass is 572 g/mol. The second-order valence-corrected chi connectivity index (χ2v) is 10.9. The first-order chi connectivity index (χ1) is 19.7. The summed E-state index contributed by atoms with van der Waals surface area (Å²) in [5.41, 5.74) is 5.77. The Balaban J connectivity index is 1.65. The lowest BCUT2D eigenvalue weighted by Gasteiger charge is -2.25. The van der Waals surface area contributed by atoms with Gasteiger partial charge in [0.2, 0.25) is 0 Å². The number of rotatable bonds is 7. The fourth-order valence-electron chi connectivity index (χ4n) is 5.02. The predicted octanol–water partition coefficient (Wildman–Crippen LogP) is 5.00. The molecule has 0 spiro atoms. The number of ether oxygens (including phenoxy) is 3. The van der Waals surface area contributed by atoms with Gasteiger partial charge >= 0.3 is 5.97 Å². The molecule has 0 radical (unpaired) electrons. The molecule has 9 heteroatoms. The number of carbonyl (C=O) groups excluding carboxylic acids is 1. The average molecular weight is 573 g/mol. The molecule has 1 unspecified atom stereocenters. The van der Waals surface area contributed by atoms with E-state index in [0.29, 0.717) is 43.4 Å². The largest absolute Gasteiger partial charge is 0.493 e. The molecule has 1 atom stereocenters. The van der Waals surface area contributed by atoms with Gasteiger partial charge in [0.05, 0.1) is 42.7 Å². The Bertz CT molecular complexity index is 1850. The number of aromatic nitrogens is 1. The van der Waals surface area contributed by atoms with Crippen LogP contribution in [-0.2, 0) is 9.53 Å². The number of thiazole rings is 1. The van der Waals surface area contributed by atoms with Crippen molar-refractivity contribution in [1.82, 2.24) is 4.57 Å². The summed E-state index contributed by atoms with van der Waals surface area (Å²) in [6.45, 7) is 9.95. The van der Waals surface area contributed by atoms with Gasteiger partial charge in [-0.1, -0.05) is 17.4 Å². The van der Waals surface area contributed by atoms with Gasteiger partial charge in [0.15, 0.2) is 16.3 Å². The predicted molar refractivity (Wildman–Crippen MR) is 158 cm³/mol. The molecule has 212 valence electrons. The van der Waals surface area contributed by atoms with Crippen LogP contribution in [0, 0.1) is 20.8 Å². The maximum absolute atomic E-state index is 13.9. The number of benzene rings is 2. The molecule has 1 aliphatic rings. The molecule has 5 rings (SSSR count). The van der Waals surface area contributed by atoms with E-state index in [1.54, 1.807) is 39.2 Å². The van der Waals surface area contributed by atoms with Crippen LogP contribution in [0.15, 0.2) is 67.9 Å². The molecule has 3 heterocycles. The van der Waals surface area contributed by atoms with Gasteiger partial charge in [0.25, 0.3) is 5.56 Å². The van der Waals surface area contributed by atoms with Gasteiger partial charge in [0.1, 0.15) is 11.5 Å². The van der Waals surface area contributed by atoms with Gasteiger partial charge < -0.3 is 18.6 Å². The van der Waals surface area contributed by atoms with Crippen molar-refractivity contribution in [1.29, 1.82) is 0 Å². The number of carbonyl (C=O) groups is 1. The minimum Gasteiger partial charge on any atom is -0.493 e. The summed E-state index contributed by atoms with van der Waals surface area (Å²) in [6.07, 6.45) is 1.72. The third-order valence-electron chi connectivity index (χ3n) is 7.35. The Morgan fingerprint density at radius 2 is 1.73 bits per heavy atom. The maximum atomic E-state index is 13.9. The molecule has 0 bridgehead atoms. The Kier molecular flexibility index (Phi) is 7.73. The fraction of sp³-hybridized carbons (Fsp3) is 0.281. The van der Waals surface area contributed by atoms with Crippen molar-refractivity contribution in [3.05, 3.63) is 101 Å². The smallest absolute Gasteiger partial charge is 0.338 e. The van der Waals surface area contributed by atoms with Gasteiger partial charge in [-0.3, -0.25) is 9.36 Å². The van der Waals surface area contributed by atoms with Crippen molar-refractivity contribution >= 4 is 23.4 Å². The van der Waals surface area contributed by atoms with Crippen LogP contribution in [0.5, 0.6) is 11.5 Å². The van der Waals surface area contributed by atoms with E-state index in [-0.39, 0.29) is 12.2 Å². The van der Waals surface area contributed by atoms with Crippen LogP contribution in [0.25, 0.3) is 17.4 Å². The minimum absolute atomic E-state index is 0.194. The Hall–Kier alpha value is -4.37. The zero-order chi connectivity index (χ0) is 29.4. The van der Waals surface area contributed by atoms with Crippen molar-refractivity contribution in [3.8, 4) is 22.8 Å². The third-order valence-corrected chi connectivity index (χ3v) is 8.33. The lowest BCUT2D eigenvalue weighted by Crippen LogP contribution is -2.39. The first kappa shape index (κ1) is 28.2. The normalized spacial score (nSPS) is 15.0. The van der Waals surface area contributed by atoms with E-state index in [1.165, 1.54) is 39.7 Å². The SMILES string of the molecule is CCOC(=O)C1=C(C)N=c2s/c(=C\c3ccc(-c4cc(C)c(C)c(C)c4)o3)c(=O)n2C1c1ccc(OC)c(OC)c1. The molecule has 41 heavy (non-hydrogen) atoms. The van der Waals surface area contributed by atoms with Crippen molar-refractivity contribution in [2.45, 2.75) is 40.7 Å². The molecule has 0 fully saturated rings. The van der Waals surface area contributed by atoms with E-state index in [0.717, 1.165) is 11.3 Å². The number of aryl methyl sites for hydroxylation is 2. The third kappa shape index (κ3) is 5.13. The highest BCUT2D eigenvalue weighted by atomic mass is 32.1. The first-order valence-electron chi connectivity index (χ1n) is 13.3. The van der Waals surface area contributed by atoms with Gasteiger partial charge in [0, 0.05) is 11.6 Å². The number of allylic oxidation sites excluding steroid dienone is 1. The van der Waals surface area contributed by atoms with Crippen LogP contribution in [-0.4, -0.2) is 31.4 Å². The summed E-state index contributed by atoms with van der Waals surface area (Å²) >= 11 is 1.24. The number of esters is 1. The molecule has 1 aliphatic heterocycles. The van der Waals surface area contributed by atoms with Crippen molar-refractivity contribution in [3.63, 3.8) is 0 Å². The molecule has 0 amide bonds. The molecule has 0 aliphatic carbocycles. The minimum atomic E-state index is -0.766. The lowest BCUT2D eigenvalue weighted by atomic mass is 9.95. The Morgan fingerprint density at radius 3 is 2.39 bits per heavy atom. The topological polar surface area (TPSA) is 92.3 Å². The maximum Gasteiger partial charge on any atom is 0.338 e. The molecular weight excluding hydrogens is 540 g/mol. The molecular formula is C32H32N2O6S. The van der Waals surface area contributed by atoms with E-state index in [1.807, 2.05) is 18.2 Å². The van der Waals surface area contributed by atoms with Crippen LogP contribution in [0.1, 0.15) is 47.9 Å². The highest BCUT2D eigenvalue weighted by Crippen LogP contribution is 2.36. The number of methoxy groups -OCH3 is 2. The Labute approximate surface area is 241 Å². The Morgan fingerprint density at radius 1 is 1.02 bits per heavy atom. The van der Waals surface area contributed by atoms with E-state index >= 15 is 0 Å². The van der Waals surface area contributed by atoms with Crippen molar-refractivity contribution < 1.29 is 23.4 Å². The lowest BCUT2D eigenvalue weighted by molar-refractivity contribution is -0.139. The van der Waals surface area contributed by atoms with Crippen molar-refractivity contribution in [2.75, 3.05) is 20.8 Å². The second kappa shape index (κ2) is 11.2. The van der Waals surface area contributed by atoms with Gasteiger partial charge in [-0.05, 0) is 93.3 Å². The van der Waals surface area contributed by atoms with E-state index in [9.17, 15) is 9.59 Å². The number of hydrogen-bond donors (Lipinski definition) is 0. The van der Waals surface area contributed by atoms with Crippen molar-refractivity contribution in [2.24, 2.45) is 4.99 Å². The van der Waals surface area contributed by atoms with Crippen LogP contribution < -0.4 is 24.4 Å². The zero-order valence-electron chi connectivity index (χ0n) is 24.2. The molecule has 0 saturated carbocycles. The molecule has 8 nitrogen and oxygen atoms in total. The average Bonchev–Trinajstić information content (AvgIpc) is 3.54. The standard InChI is InChI=1S/C32H32N2O6S/c1-8-39-31(36)28-20(5)33-32-34(29(28)21-9-11-25(37-6)26(15-21)38-7)30(35)27(41-32)16-23-10-12-24(40-23)22-13-17(2)19(4)18(3)14-22/h9-16,29H,8H2,1-7H3/b27-16-. The number of fused-ring (bicyclic) bond motifs is 1. The molecule has 2 aromatic carbocycles. The quantitative estimate of drug-likeness (QED) is 0.290. The summed E-state index contributed by atoms with van der Waals surface area (Å²) < 4.78 is 24.4. The first-order valence-corrected chi connectivity index (χ1v) is 14.1. The molecule has 2 aromatic heterocycles. The van der Waals surface area contributed by atoms with Gasteiger partial charge in [-0.25, -0.2) is 9.79 Å². The van der Waals surface area contributed by atoms with E-state index in [2.05, 4.69) is 37.9 Å². The van der Waals surface area contributed by atoms with Crippen LogP contribution in [0.2, 0.25) is 0 Å². The number of nitrogens with zero attached hydrogens (tertiary/aromatic N) is 2.